The minimum atomic E-state index is -1.09. The first-order valence-electron chi connectivity index (χ1n) is 6.23. The Kier molecular flexibility index (Phi) is 6.89. The maximum atomic E-state index is 12.0. The topological polar surface area (TPSA) is 113 Å². The van der Waals surface area contributed by atoms with Crippen LogP contribution in [0.25, 0.3) is 0 Å². The molecule has 0 aliphatic carbocycles. The first-order chi connectivity index (χ1) is 8.65. The highest BCUT2D eigenvalue weighted by molar-refractivity contribution is 5.86. The van der Waals surface area contributed by atoms with E-state index in [1.54, 1.807) is 13.8 Å². The van der Waals surface area contributed by atoms with Gasteiger partial charge in [-0.25, -0.2) is 9.59 Å². The van der Waals surface area contributed by atoms with Crippen LogP contribution in [0.2, 0.25) is 0 Å². The molecule has 7 nitrogen and oxygen atoms in total. The summed E-state index contributed by atoms with van der Waals surface area (Å²) in [5.41, 5.74) is 5.06. The van der Waals surface area contributed by atoms with Gasteiger partial charge in [0.05, 0.1) is 0 Å². The number of carbonyl (C=O) groups is 3. The van der Waals surface area contributed by atoms with E-state index < -0.39 is 23.9 Å². The van der Waals surface area contributed by atoms with Crippen LogP contribution in [-0.2, 0) is 9.59 Å². The van der Waals surface area contributed by atoms with Crippen LogP contribution in [0.15, 0.2) is 0 Å². The Morgan fingerprint density at radius 3 is 2.05 bits per heavy atom. The van der Waals surface area contributed by atoms with E-state index in [9.17, 15) is 14.4 Å². The lowest BCUT2D eigenvalue weighted by atomic mass is 10.0. The molecule has 4 N–H and O–H groups in total. The second-order valence-electron chi connectivity index (χ2n) is 5.16. The highest BCUT2D eigenvalue weighted by atomic mass is 16.4. The molecule has 0 saturated carbocycles. The predicted molar refractivity (Wildman–Crippen MR) is 70.4 cm³/mol. The Morgan fingerprint density at radius 1 is 1.21 bits per heavy atom. The van der Waals surface area contributed by atoms with Crippen molar-refractivity contribution in [3.05, 3.63) is 0 Å². The Balaban J connectivity index is 4.75. The van der Waals surface area contributed by atoms with Gasteiger partial charge in [0.2, 0.25) is 5.91 Å². The van der Waals surface area contributed by atoms with E-state index >= 15 is 0 Å². The molecule has 0 aliphatic heterocycles. The molecule has 3 amide bonds. The van der Waals surface area contributed by atoms with Gasteiger partial charge in [-0.05, 0) is 26.2 Å². The highest BCUT2D eigenvalue weighted by Crippen LogP contribution is 2.07. The molecule has 0 aliphatic rings. The van der Waals surface area contributed by atoms with Gasteiger partial charge < -0.3 is 21.1 Å². The van der Waals surface area contributed by atoms with Crippen LogP contribution in [0, 0.1) is 5.92 Å². The summed E-state index contributed by atoms with van der Waals surface area (Å²) in [5, 5.41) is 11.5. The maximum absolute atomic E-state index is 12.0. The maximum Gasteiger partial charge on any atom is 0.326 e. The lowest BCUT2D eigenvalue weighted by molar-refractivity contribution is -0.139. The third kappa shape index (κ3) is 6.64. The molecule has 0 spiro atoms. The van der Waals surface area contributed by atoms with Crippen LogP contribution in [0.4, 0.5) is 4.79 Å². The Morgan fingerprint density at radius 2 is 1.74 bits per heavy atom. The van der Waals surface area contributed by atoms with Crippen LogP contribution >= 0.6 is 0 Å². The van der Waals surface area contributed by atoms with Gasteiger partial charge in [-0.15, -0.1) is 0 Å². The normalized spacial score (nSPS) is 12.3. The Hall–Kier alpha value is -1.79. The third-order valence-corrected chi connectivity index (χ3v) is 2.51. The van der Waals surface area contributed by atoms with E-state index in [-0.39, 0.29) is 18.5 Å². The minimum absolute atomic E-state index is 0.130. The second kappa shape index (κ2) is 7.60. The van der Waals surface area contributed by atoms with E-state index in [1.165, 1.54) is 4.90 Å². The van der Waals surface area contributed by atoms with E-state index in [4.69, 9.17) is 10.8 Å². The zero-order valence-corrected chi connectivity index (χ0v) is 11.8. The zero-order valence-electron chi connectivity index (χ0n) is 11.8. The molecule has 110 valence electrons. The number of carbonyl (C=O) groups excluding carboxylic acids is 2. The monoisotopic (exact) mass is 273 g/mol. The minimum Gasteiger partial charge on any atom is -0.480 e. The van der Waals surface area contributed by atoms with E-state index in [2.05, 4.69) is 5.32 Å². The molecule has 0 unspecified atom stereocenters. The van der Waals surface area contributed by atoms with E-state index in [0.29, 0.717) is 6.42 Å². The number of nitrogens with zero attached hydrogens (tertiary/aromatic N) is 1. The number of aliphatic carboxylic acids is 1. The quantitative estimate of drug-likeness (QED) is 0.622. The lowest BCUT2D eigenvalue weighted by Gasteiger charge is -2.27. The molecule has 0 aromatic rings. The number of nitrogens with one attached hydrogen (secondary N) is 1. The molecule has 0 heterocycles. The number of hydrogen-bond acceptors (Lipinski definition) is 3. The number of nitrogens with two attached hydrogens (primary N) is 1. The number of urea groups is 1. The van der Waals surface area contributed by atoms with Crippen LogP contribution in [0.5, 0.6) is 0 Å². The van der Waals surface area contributed by atoms with Crippen LogP contribution in [-0.4, -0.2) is 46.5 Å². The van der Waals surface area contributed by atoms with Crippen molar-refractivity contribution in [1.82, 2.24) is 10.2 Å². The summed E-state index contributed by atoms with van der Waals surface area (Å²) in [7, 11) is 0. The molecule has 0 saturated heterocycles. The number of carboxylic acid groups (broad SMARTS) is 1. The van der Waals surface area contributed by atoms with Crippen molar-refractivity contribution < 1.29 is 19.5 Å². The number of amides is 3. The van der Waals surface area contributed by atoms with Crippen molar-refractivity contribution >= 4 is 17.9 Å². The van der Waals surface area contributed by atoms with Gasteiger partial charge >= 0.3 is 12.0 Å². The van der Waals surface area contributed by atoms with E-state index in [1.807, 2.05) is 13.8 Å². The van der Waals surface area contributed by atoms with Gasteiger partial charge in [0.25, 0.3) is 0 Å². The van der Waals surface area contributed by atoms with Gasteiger partial charge in [0, 0.05) is 6.04 Å². The van der Waals surface area contributed by atoms with Gasteiger partial charge in [0.15, 0.2) is 0 Å². The molecule has 0 bridgehead atoms. The number of carboxylic acids is 1. The molecule has 0 aromatic heterocycles. The van der Waals surface area contributed by atoms with Crippen molar-refractivity contribution in [1.29, 1.82) is 0 Å². The van der Waals surface area contributed by atoms with Crippen LogP contribution in [0.1, 0.15) is 34.1 Å². The first kappa shape index (κ1) is 17.2. The fourth-order valence-corrected chi connectivity index (χ4v) is 1.58. The lowest BCUT2D eigenvalue weighted by Crippen LogP contribution is -2.52. The summed E-state index contributed by atoms with van der Waals surface area (Å²) in [5.74, 6) is -1.60. The summed E-state index contributed by atoms with van der Waals surface area (Å²) in [6, 6.07) is -1.82. The van der Waals surface area contributed by atoms with Gasteiger partial charge in [-0.2, -0.15) is 0 Å². The summed E-state index contributed by atoms with van der Waals surface area (Å²) in [6.07, 6.45) is 0.323. The van der Waals surface area contributed by atoms with Crippen molar-refractivity contribution in [2.75, 3.05) is 6.54 Å². The standard InChI is InChI=1S/C12H23N3O4/c1-7(2)5-9(11(17)18)14-12(19)15(8(3)4)6-10(13)16/h7-9H,5-6H2,1-4H3,(H2,13,16)(H,14,19)(H,17,18)/t9-/m1/s1. The van der Waals surface area contributed by atoms with Crippen molar-refractivity contribution in [3.63, 3.8) is 0 Å². The number of primary amides is 1. The van der Waals surface area contributed by atoms with Crippen LogP contribution in [0.3, 0.4) is 0 Å². The van der Waals surface area contributed by atoms with Crippen molar-refractivity contribution in [3.8, 4) is 0 Å². The largest absolute Gasteiger partial charge is 0.480 e. The summed E-state index contributed by atoms with van der Waals surface area (Å²) < 4.78 is 0. The average molecular weight is 273 g/mol. The molecular weight excluding hydrogens is 250 g/mol. The molecular formula is C12H23N3O4. The predicted octanol–water partition coefficient (Wildman–Crippen LogP) is 0.391. The molecule has 0 fully saturated rings. The van der Waals surface area contributed by atoms with Gasteiger partial charge in [-0.1, -0.05) is 13.8 Å². The Labute approximate surface area is 113 Å². The fourth-order valence-electron chi connectivity index (χ4n) is 1.58. The van der Waals surface area contributed by atoms with Crippen molar-refractivity contribution in [2.45, 2.75) is 46.2 Å². The smallest absolute Gasteiger partial charge is 0.326 e. The summed E-state index contributed by atoms with van der Waals surface area (Å²) in [6.45, 7) is 6.94. The SMILES string of the molecule is CC(C)C[C@@H](NC(=O)N(CC(N)=O)C(C)C)C(=O)O. The zero-order chi connectivity index (χ0) is 15.2. The van der Waals surface area contributed by atoms with Crippen LogP contribution < -0.4 is 11.1 Å². The molecule has 0 radical (unpaired) electrons. The molecule has 0 rings (SSSR count). The molecule has 19 heavy (non-hydrogen) atoms. The van der Waals surface area contributed by atoms with Crippen molar-refractivity contribution in [2.24, 2.45) is 11.7 Å². The summed E-state index contributed by atoms with van der Waals surface area (Å²) >= 11 is 0. The highest BCUT2D eigenvalue weighted by Gasteiger charge is 2.25. The fraction of sp³-hybridized carbons (Fsp3) is 0.750. The summed E-state index contributed by atoms with van der Waals surface area (Å²) in [4.78, 5) is 35.1. The molecule has 7 heteroatoms. The first-order valence-corrected chi connectivity index (χ1v) is 6.23. The Bertz CT molecular complexity index is 342. The van der Waals surface area contributed by atoms with Gasteiger partial charge in [0.1, 0.15) is 12.6 Å². The van der Waals surface area contributed by atoms with E-state index in [0.717, 1.165) is 0 Å². The number of hydrogen-bond donors (Lipinski definition) is 3. The second-order valence-corrected chi connectivity index (χ2v) is 5.16. The third-order valence-electron chi connectivity index (χ3n) is 2.51. The average Bonchev–Trinajstić information content (AvgIpc) is 2.23. The molecule has 0 aromatic carbocycles. The number of rotatable bonds is 7. The molecule has 1 atom stereocenters. The van der Waals surface area contributed by atoms with Gasteiger partial charge in [-0.3, -0.25) is 4.79 Å².